The Labute approximate surface area is 107 Å². The van der Waals surface area contributed by atoms with Gasteiger partial charge in [-0.25, -0.2) is 0 Å². The second-order valence-electron chi connectivity index (χ2n) is 6.33. The van der Waals surface area contributed by atoms with Crippen LogP contribution in [0.25, 0.3) is 0 Å². The average Bonchev–Trinajstić information content (AvgIpc) is 2.51. The summed E-state index contributed by atoms with van der Waals surface area (Å²) in [4.78, 5) is 0. The van der Waals surface area contributed by atoms with Gasteiger partial charge in [0.15, 0.2) is 7.29 Å². The molecular formula is C14H28NOP. The van der Waals surface area contributed by atoms with Gasteiger partial charge >= 0.3 is 0 Å². The summed E-state index contributed by atoms with van der Waals surface area (Å²) in [6, 6.07) is 0. The molecule has 2 atom stereocenters. The summed E-state index contributed by atoms with van der Waals surface area (Å²) in [5, 5.41) is 0. The molecular weight excluding hydrogens is 229 g/mol. The molecule has 0 aromatic carbocycles. The van der Waals surface area contributed by atoms with Gasteiger partial charge in [0.25, 0.3) is 0 Å². The van der Waals surface area contributed by atoms with E-state index in [1.165, 1.54) is 5.57 Å². The second-order valence-corrected chi connectivity index (χ2v) is 9.46. The summed E-state index contributed by atoms with van der Waals surface area (Å²) in [5.74, 6) is 0.458. The SMILES string of the molecule is CCC1=CN(C(C)(C)C)P(=O)(CC)C1C(C)C. The van der Waals surface area contributed by atoms with Crippen molar-refractivity contribution in [1.29, 1.82) is 0 Å². The van der Waals surface area contributed by atoms with Gasteiger partial charge in [-0.2, -0.15) is 0 Å². The van der Waals surface area contributed by atoms with E-state index in [-0.39, 0.29) is 11.2 Å². The van der Waals surface area contributed by atoms with Crippen molar-refractivity contribution < 1.29 is 4.57 Å². The van der Waals surface area contributed by atoms with Crippen LogP contribution < -0.4 is 0 Å². The molecule has 0 aliphatic carbocycles. The molecule has 1 aliphatic heterocycles. The topological polar surface area (TPSA) is 20.3 Å². The van der Waals surface area contributed by atoms with Gasteiger partial charge in [0.05, 0.1) is 5.66 Å². The Kier molecular flexibility index (Phi) is 4.19. The van der Waals surface area contributed by atoms with Gasteiger partial charge in [-0.1, -0.05) is 27.7 Å². The van der Waals surface area contributed by atoms with Crippen molar-refractivity contribution in [2.75, 3.05) is 6.16 Å². The molecule has 0 N–H and O–H groups in total. The third kappa shape index (κ3) is 2.47. The fraction of sp³-hybridized carbons (Fsp3) is 0.857. The molecule has 3 heteroatoms. The lowest BCUT2D eigenvalue weighted by molar-refractivity contribution is 0.320. The number of nitrogens with zero attached hydrogens (tertiary/aromatic N) is 1. The molecule has 17 heavy (non-hydrogen) atoms. The Morgan fingerprint density at radius 3 is 2.18 bits per heavy atom. The monoisotopic (exact) mass is 257 g/mol. The van der Waals surface area contributed by atoms with Crippen molar-refractivity contribution in [3.05, 3.63) is 11.8 Å². The lowest BCUT2D eigenvalue weighted by Crippen LogP contribution is -2.35. The smallest absolute Gasteiger partial charge is 0.179 e. The van der Waals surface area contributed by atoms with Crippen LogP contribution in [0.1, 0.15) is 54.9 Å². The Bertz CT molecular complexity index is 352. The van der Waals surface area contributed by atoms with Crippen LogP contribution in [0.2, 0.25) is 0 Å². The van der Waals surface area contributed by atoms with Crippen LogP contribution in [0, 0.1) is 5.92 Å². The first-order chi connectivity index (χ1) is 7.68. The molecule has 1 aliphatic rings. The van der Waals surface area contributed by atoms with Crippen molar-refractivity contribution in [3.8, 4) is 0 Å². The van der Waals surface area contributed by atoms with Crippen LogP contribution >= 0.6 is 7.29 Å². The molecule has 0 aromatic heterocycles. The van der Waals surface area contributed by atoms with Crippen LogP contribution in [-0.2, 0) is 4.57 Å². The highest BCUT2D eigenvalue weighted by atomic mass is 31.2. The van der Waals surface area contributed by atoms with Gasteiger partial charge < -0.3 is 4.67 Å². The molecule has 0 aromatic rings. The minimum atomic E-state index is -2.28. The lowest BCUT2D eigenvalue weighted by atomic mass is 10.0. The summed E-state index contributed by atoms with van der Waals surface area (Å²) in [5.41, 5.74) is 1.59. The van der Waals surface area contributed by atoms with Crippen molar-refractivity contribution in [3.63, 3.8) is 0 Å². The minimum Gasteiger partial charge on any atom is -0.323 e. The average molecular weight is 257 g/mol. The predicted molar refractivity (Wildman–Crippen MR) is 76.7 cm³/mol. The largest absolute Gasteiger partial charge is 0.323 e. The summed E-state index contributed by atoms with van der Waals surface area (Å²) >= 11 is 0. The predicted octanol–water partition coefficient (Wildman–Crippen LogP) is 4.72. The van der Waals surface area contributed by atoms with Crippen molar-refractivity contribution in [1.82, 2.24) is 4.67 Å². The molecule has 2 unspecified atom stereocenters. The highest BCUT2D eigenvalue weighted by Crippen LogP contribution is 2.65. The van der Waals surface area contributed by atoms with Crippen LogP contribution in [0.5, 0.6) is 0 Å². The molecule has 2 nitrogen and oxygen atoms in total. The number of hydrogen-bond acceptors (Lipinski definition) is 1. The van der Waals surface area contributed by atoms with Crippen LogP contribution in [0.4, 0.5) is 0 Å². The van der Waals surface area contributed by atoms with Gasteiger partial charge in [0, 0.05) is 17.9 Å². The van der Waals surface area contributed by atoms with E-state index >= 15 is 0 Å². The second kappa shape index (κ2) is 4.80. The van der Waals surface area contributed by atoms with E-state index in [0.717, 1.165) is 12.6 Å². The van der Waals surface area contributed by atoms with E-state index in [4.69, 9.17) is 0 Å². The molecule has 100 valence electrons. The van der Waals surface area contributed by atoms with Gasteiger partial charge in [0.1, 0.15) is 0 Å². The van der Waals surface area contributed by atoms with Gasteiger partial charge in [0.2, 0.25) is 0 Å². The van der Waals surface area contributed by atoms with Gasteiger partial charge in [-0.05, 0) is 38.7 Å². The Hall–Kier alpha value is -0.230. The fourth-order valence-electron chi connectivity index (χ4n) is 2.97. The Morgan fingerprint density at radius 2 is 1.88 bits per heavy atom. The molecule has 0 spiro atoms. The van der Waals surface area contributed by atoms with E-state index in [1.807, 2.05) is 0 Å². The molecule has 0 bridgehead atoms. The van der Waals surface area contributed by atoms with Gasteiger partial charge in [-0.3, -0.25) is 4.57 Å². The quantitative estimate of drug-likeness (QED) is 0.682. The molecule has 1 rings (SSSR count). The minimum absolute atomic E-state index is 0.0460. The molecule has 0 fully saturated rings. The summed E-state index contributed by atoms with van der Waals surface area (Å²) in [6.07, 6.45) is 3.97. The number of rotatable bonds is 3. The molecule has 1 heterocycles. The third-order valence-corrected chi connectivity index (χ3v) is 7.80. The molecule has 0 radical (unpaired) electrons. The van der Waals surface area contributed by atoms with Crippen molar-refractivity contribution in [2.24, 2.45) is 5.92 Å². The first kappa shape index (κ1) is 14.8. The van der Waals surface area contributed by atoms with Crippen LogP contribution in [-0.4, -0.2) is 22.0 Å². The fourth-order valence-corrected chi connectivity index (χ4v) is 6.99. The first-order valence-corrected chi connectivity index (χ1v) is 8.69. The zero-order chi connectivity index (χ0) is 13.4. The van der Waals surface area contributed by atoms with Crippen molar-refractivity contribution in [2.45, 2.75) is 66.1 Å². The summed E-state index contributed by atoms with van der Waals surface area (Å²) < 4.78 is 15.5. The van der Waals surface area contributed by atoms with Crippen LogP contribution in [0.3, 0.4) is 0 Å². The number of hydrogen-bond donors (Lipinski definition) is 0. The van der Waals surface area contributed by atoms with E-state index in [0.29, 0.717) is 5.92 Å². The maximum atomic E-state index is 13.4. The highest BCUT2D eigenvalue weighted by molar-refractivity contribution is 7.63. The maximum Gasteiger partial charge on any atom is 0.179 e. The van der Waals surface area contributed by atoms with E-state index < -0.39 is 7.29 Å². The van der Waals surface area contributed by atoms with Gasteiger partial charge in [-0.15, -0.1) is 0 Å². The van der Waals surface area contributed by atoms with E-state index in [2.05, 4.69) is 59.3 Å². The van der Waals surface area contributed by atoms with Crippen LogP contribution in [0.15, 0.2) is 11.8 Å². The Morgan fingerprint density at radius 1 is 1.35 bits per heavy atom. The first-order valence-electron chi connectivity index (χ1n) is 6.77. The summed E-state index contributed by atoms with van der Waals surface area (Å²) in [6.45, 7) is 15.1. The zero-order valence-corrected chi connectivity index (χ0v) is 13.3. The third-order valence-electron chi connectivity index (χ3n) is 3.65. The standard InChI is InChI=1S/C14H28NOP/c1-8-12-10-15(14(5,6)7)17(16,9-2)13(12)11(3)4/h10-11,13H,8-9H2,1-7H3. The maximum absolute atomic E-state index is 13.4. The Balaban J connectivity index is 3.27. The normalized spacial score (nSPS) is 30.0. The molecule has 0 saturated carbocycles. The summed E-state index contributed by atoms with van der Waals surface area (Å²) in [7, 11) is -2.28. The zero-order valence-electron chi connectivity index (χ0n) is 12.4. The number of allylic oxidation sites excluding steroid dienone is 1. The highest BCUT2D eigenvalue weighted by Gasteiger charge is 2.48. The lowest BCUT2D eigenvalue weighted by Gasteiger charge is -2.40. The van der Waals surface area contributed by atoms with E-state index in [9.17, 15) is 4.57 Å². The molecule has 0 saturated heterocycles. The van der Waals surface area contributed by atoms with E-state index in [1.54, 1.807) is 0 Å². The van der Waals surface area contributed by atoms with Crippen molar-refractivity contribution >= 4 is 7.29 Å². The molecule has 0 amide bonds.